The van der Waals surface area contributed by atoms with Gasteiger partial charge in [-0.25, -0.2) is 0 Å². The molecular weight excluding hydrogens is 390 g/mol. The van der Waals surface area contributed by atoms with Gasteiger partial charge in [0.25, 0.3) is 11.8 Å². The van der Waals surface area contributed by atoms with E-state index in [0.29, 0.717) is 42.9 Å². The minimum atomic E-state index is -0.0397. The number of hydrogen-bond donors (Lipinski definition) is 1. The summed E-state index contributed by atoms with van der Waals surface area (Å²) in [7, 11) is 0. The number of aromatic amines is 1. The molecule has 0 radical (unpaired) electrons. The Labute approximate surface area is 184 Å². The molecule has 0 bridgehead atoms. The number of nitrogens with zero attached hydrogens (tertiary/aromatic N) is 2. The predicted molar refractivity (Wildman–Crippen MR) is 122 cm³/mol. The lowest BCUT2D eigenvalue weighted by atomic mass is 9.99. The second-order valence-electron chi connectivity index (χ2n) is 8.28. The Morgan fingerprint density at radius 1 is 1.10 bits per heavy atom. The van der Waals surface area contributed by atoms with Gasteiger partial charge in [-0.2, -0.15) is 0 Å². The van der Waals surface area contributed by atoms with Crippen molar-refractivity contribution in [1.29, 1.82) is 0 Å². The maximum absolute atomic E-state index is 13.5. The number of nitrogens with one attached hydrogen (secondary N) is 1. The number of ketones is 1. The fourth-order valence-electron chi connectivity index (χ4n) is 4.67. The van der Waals surface area contributed by atoms with Crippen LogP contribution in [0.15, 0.2) is 30.3 Å². The first-order valence-electron chi connectivity index (χ1n) is 11.3. The third-order valence-electron chi connectivity index (χ3n) is 6.15. The summed E-state index contributed by atoms with van der Waals surface area (Å²) in [5.41, 5.74) is 3.46. The first kappa shape index (κ1) is 22.8. The highest BCUT2D eigenvalue weighted by Crippen LogP contribution is 2.25. The van der Waals surface area contributed by atoms with E-state index in [4.69, 9.17) is 0 Å². The van der Waals surface area contributed by atoms with Crippen molar-refractivity contribution in [3.05, 3.63) is 58.4 Å². The average Bonchev–Trinajstić information content (AvgIpc) is 3.13. The molecule has 2 amide bonds. The van der Waals surface area contributed by atoms with Crippen LogP contribution in [0.25, 0.3) is 0 Å². The van der Waals surface area contributed by atoms with Crippen molar-refractivity contribution >= 4 is 17.6 Å². The summed E-state index contributed by atoms with van der Waals surface area (Å²) in [6, 6.07) is 9.42. The molecule has 0 atom stereocenters. The first-order valence-corrected chi connectivity index (χ1v) is 11.3. The monoisotopic (exact) mass is 423 g/mol. The molecule has 3 rings (SSSR count). The third kappa shape index (κ3) is 4.73. The van der Waals surface area contributed by atoms with Crippen LogP contribution in [0.5, 0.6) is 0 Å². The molecule has 2 heterocycles. The van der Waals surface area contributed by atoms with Crippen molar-refractivity contribution in [3.8, 4) is 0 Å². The molecule has 1 saturated heterocycles. The van der Waals surface area contributed by atoms with Gasteiger partial charge in [0, 0.05) is 42.5 Å². The fraction of sp³-hybridized carbons (Fsp3) is 0.480. The van der Waals surface area contributed by atoms with Crippen LogP contribution in [0.1, 0.15) is 82.5 Å². The molecule has 1 aromatic carbocycles. The molecule has 1 aliphatic rings. The number of piperidine rings is 1. The number of hydrogen-bond acceptors (Lipinski definition) is 3. The number of aromatic nitrogens is 1. The number of carbonyl (C=O) groups excluding carboxylic acids is 3. The van der Waals surface area contributed by atoms with Crippen LogP contribution in [0.2, 0.25) is 0 Å². The lowest BCUT2D eigenvalue weighted by Gasteiger charge is -2.38. The minimum Gasteiger partial charge on any atom is -0.354 e. The van der Waals surface area contributed by atoms with E-state index in [0.717, 1.165) is 30.5 Å². The quantitative estimate of drug-likeness (QED) is 0.677. The largest absolute Gasteiger partial charge is 0.354 e. The Morgan fingerprint density at radius 2 is 1.74 bits per heavy atom. The maximum Gasteiger partial charge on any atom is 0.270 e. The van der Waals surface area contributed by atoms with E-state index in [1.165, 1.54) is 0 Å². The van der Waals surface area contributed by atoms with Gasteiger partial charge in [-0.05, 0) is 57.2 Å². The number of H-pyrrole nitrogens is 1. The summed E-state index contributed by atoms with van der Waals surface area (Å²) in [6.07, 6.45) is 3.00. The van der Waals surface area contributed by atoms with Crippen molar-refractivity contribution in [1.82, 2.24) is 14.8 Å². The number of benzene rings is 1. The normalized spacial score (nSPS) is 14.5. The van der Waals surface area contributed by atoms with E-state index in [-0.39, 0.29) is 23.6 Å². The van der Waals surface area contributed by atoms with Gasteiger partial charge in [-0.15, -0.1) is 0 Å². The van der Waals surface area contributed by atoms with Gasteiger partial charge in [-0.1, -0.05) is 32.0 Å². The molecule has 1 fully saturated rings. The van der Waals surface area contributed by atoms with Gasteiger partial charge in [0.05, 0.1) is 0 Å². The smallest absolute Gasteiger partial charge is 0.270 e. The topological polar surface area (TPSA) is 73.5 Å². The summed E-state index contributed by atoms with van der Waals surface area (Å²) in [4.78, 5) is 45.4. The van der Waals surface area contributed by atoms with E-state index in [1.807, 2.05) is 54.0 Å². The van der Waals surface area contributed by atoms with Crippen molar-refractivity contribution in [2.45, 2.75) is 59.4 Å². The van der Waals surface area contributed by atoms with Gasteiger partial charge in [-0.3, -0.25) is 14.4 Å². The summed E-state index contributed by atoms with van der Waals surface area (Å²) >= 11 is 0. The van der Waals surface area contributed by atoms with Crippen LogP contribution in [0, 0.1) is 6.92 Å². The molecule has 6 nitrogen and oxygen atoms in total. The molecule has 1 N–H and O–H groups in total. The molecule has 0 aliphatic carbocycles. The van der Waals surface area contributed by atoms with Crippen LogP contribution >= 0.6 is 0 Å². The molecular formula is C25H33N3O3. The minimum absolute atomic E-state index is 0.0144. The van der Waals surface area contributed by atoms with Crippen LogP contribution in [0.4, 0.5) is 0 Å². The molecule has 166 valence electrons. The number of carbonyl (C=O) groups is 3. The van der Waals surface area contributed by atoms with Gasteiger partial charge >= 0.3 is 0 Å². The average molecular weight is 424 g/mol. The molecule has 1 aromatic heterocycles. The maximum atomic E-state index is 13.5. The van der Waals surface area contributed by atoms with Gasteiger partial charge in [0.15, 0.2) is 5.78 Å². The number of likely N-dealkylation sites (tertiary alicyclic amines) is 1. The molecule has 1 aliphatic heterocycles. The highest BCUT2D eigenvalue weighted by Gasteiger charge is 2.32. The van der Waals surface area contributed by atoms with E-state index in [1.54, 1.807) is 6.92 Å². The van der Waals surface area contributed by atoms with E-state index >= 15 is 0 Å². The molecule has 31 heavy (non-hydrogen) atoms. The summed E-state index contributed by atoms with van der Waals surface area (Å²) in [5.74, 6) is -0.00617. The van der Waals surface area contributed by atoms with E-state index in [2.05, 4.69) is 11.9 Å². The Morgan fingerprint density at radius 3 is 2.29 bits per heavy atom. The number of amides is 2. The van der Waals surface area contributed by atoms with E-state index < -0.39 is 0 Å². The highest BCUT2D eigenvalue weighted by atomic mass is 16.2. The molecule has 2 aromatic rings. The lowest BCUT2D eigenvalue weighted by molar-refractivity contribution is 0.0515. The van der Waals surface area contributed by atoms with Crippen molar-refractivity contribution in [2.75, 3.05) is 19.6 Å². The van der Waals surface area contributed by atoms with Crippen molar-refractivity contribution in [2.24, 2.45) is 0 Å². The number of Topliss-reactive ketones (excluding diaryl/α,β-unsaturated/α-hetero) is 1. The van der Waals surface area contributed by atoms with Gasteiger partial charge < -0.3 is 14.8 Å². The molecule has 0 spiro atoms. The Bertz CT molecular complexity index is 940. The fourth-order valence-corrected chi connectivity index (χ4v) is 4.67. The molecule has 0 saturated carbocycles. The van der Waals surface area contributed by atoms with E-state index in [9.17, 15) is 14.4 Å². The number of aryl methyl sites for hydroxylation is 1. The van der Waals surface area contributed by atoms with Crippen LogP contribution in [-0.2, 0) is 6.42 Å². The van der Waals surface area contributed by atoms with Crippen LogP contribution < -0.4 is 0 Å². The lowest BCUT2D eigenvalue weighted by Crippen LogP contribution is -2.49. The summed E-state index contributed by atoms with van der Waals surface area (Å²) in [6.45, 7) is 9.37. The number of rotatable bonds is 7. The zero-order valence-electron chi connectivity index (χ0n) is 19.0. The second kappa shape index (κ2) is 9.94. The third-order valence-corrected chi connectivity index (χ3v) is 6.15. The van der Waals surface area contributed by atoms with Crippen molar-refractivity contribution in [3.63, 3.8) is 0 Å². The van der Waals surface area contributed by atoms with Gasteiger partial charge in [0.2, 0.25) is 0 Å². The second-order valence-corrected chi connectivity index (χ2v) is 8.28. The first-order chi connectivity index (χ1) is 14.9. The summed E-state index contributed by atoms with van der Waals surface area (Å²) in [5, 5.41) is 0. The zero-order valence-corrected chi connectivity index (χ0v) is 19.0. The van der Waals surface area contributed by atoms with Crippen LogP contribution in [0.3, 0.4) is 0 Å². The highest BCUT2D eigenvalue weighted by molar-refractivity contribution is 6.02. The Hall–Kier alpha value is -2.89. The standard InChI is InChI=1S/C25H33N3O3/c1-5-14-28(25(31)23-21(6-2)22(18(4)29)17(3)26-23)20-12-15-27(16-13-20)24(30)19-10-8-7-9-11-19/h7-11,20,26H,5-6,12-16H2,1-4H3. The SMILES string of the molecule is CCCN(C(=O)c1[nH]c(C)c(C(C)=O)c1CC)C1CCN(C(=O)c2ccccc2)CC1. The Balaban J connectivity index is 1.76. The molecule has 0 unspecified atom stereocenters. The van der Waals surface area contributed by atoms with Gasteiger partial charge in [0.1, 0.15) is 5.69 Å². The predicted octanol–water partition coefficient (Wildman–Crippen LogP) is 4.25. The van der Waals surface area contributed by atoms with Crippen LogP contribution in [-0.4, -0.2) is 58.1 Å². The summed E-state index contributed by atoms with van der Waals surface area (Å²) < 4.78 is 0. The Kier molecular flexibility index (Phi) is 7.31. The zero-order chi connectivity index (χ0) is 22.5. The molecule has 6 heteroatoms. The van der Waals surface area contributed by atoms with Crippen molar-refractivity contribution < 1.29 is 14.4 Å².